The van der Waals surface area contributed by atoms with Crippen LogP contribution in [0.15, 0.2) is 24.3 Å². The fourth-order valence-corrected chi connectivity index (χ4v) is 1.32. The number of halogens is 1. The van der Waals surface area contributed by atoms with Crippen molar-refractivity contribution < 1.29 is 9.31 Å². The summed E-state index contributed by atoms with van der Waals surface area (Å²) in [4.78, 5) is 9.91. The second kappa shape index (κ2) is 5.22. The Morgan fingerprint density at radius 3 is 2.81 bits per heavy atom. The van der Waals surface area contributed by atoms with Gasteiger partial charge in [0.05, 0.1) is 11.0 Å². The van der Waals surface area contributed by atoms with Gasteiger partial charge in [0.25, 0.3) is 5.69 Å². The summed E-state index contributed by atoms with van der Waals surface area (Å²) >= 11 is 0. The number of nitro groups is 1. The van der Waals surface area contributed by atoms with Crippen molar-refractivity contribution in [2.75, 3.05) is 13.6 Å². The molecule has 0 aliphatic carbocycles. The molecule has 0 spiro atoms. The highest BCUT2D eigenvalue weighted by Gasteiger charge is 2.11. The summed E-state index contributed by atoms with van der Waals surface area (Å²) in [6.07, 6.45) is 1.62. The van der Waals surface area contributed by atoms with E-state index in [9.17, 15) is 14.5 Å². The summed E-state index contributed by atoms with van der Waals surface area (Å²) in [5.74, 6) is -0.651. The lowest BCUT2D eigenvalue weighted by Crippen LogP contribution is -2.08. The molecule has 3 N–H and O–H groups in total. The number of nitrogens with one attached hydrogen (secondary N) is 1. The molecule has 0 fully saturated rings. The van der Waals surface area contributed by atoms with Crippen LogP contribution in [0.5, 0.6) is 0 Å². The molecule has 0 aliphatic rings. The van der Waals surface area contributed by atoms with Crippen molar-refractivity contribution in [1.82, 2.24) is 5.32 Å². The zero-order valence-electron chi connectivity index (χ0n) is 8.74. The molecule has 16 heavy (non-hydrogen) atoms. The van der Waals surface area contributed by atoms with Gasteiger partial charge in [0, 0.05) is 30.9 Å². The fraction of sp³-hybridized carbons (Fsp3) is 0.200. The van der Waals surface area contributed by atoms with Gasteiger partial charge in [0.15, 0.2) is 0 Å². The van der Waals surface area contributed by atoms with Gasteiger partial charge in [0.2, 0.25) is 0 Å². The standard InChI is InChI=1S/C10H12FN3O2/c1-13-10(2-3-12)7-4-8(11)6-9(5-7)14(15)16/h2,4-6,13H,3,12H2,1H3/b10-2-. The van der Waals surface area contributed by atoms with E-state index in [0.717, 1.165) is 6.07 Å². The van der Waals surface area contributed by atoms with E-state index in [1.165, 1.54) is 12.1 Å². The van der Waals surface area contributed by atoms with Gasteiger partial charge in [0.1, 0.15) is 5.82 Å². The lowest BCUT2D eigenvalue weighted by Gasteiger charge is -2.06. The highest BCUT2D eigenvalue weighted by atomic mass is 19.1. The number of rotatable bonds is 4. The van der Waals surface area contributed by atoms with Gasteiger partial charge in [-0.25, -0.2) is 4.39 Å². The van der Waals surface area contributed by atoms with Gasteiger partial charge in [-0.05, 0) is 12.1 Å². The average molecular weight is 225 g/mol. The molecule has 0 heterocycles. The van der Waals surface area contributed by atoms with Crippen LogP contribution in [0, 0.1) is 15.9 Å². The maximum atomic E-state index is 13.1. The third kappa shape index (κ3) is 2.77. The molecule has 86 valence electrons. The van der Waals surface area contributed by atoms with Gasteiger partial charge < -0.3 is 11.1 Å². The van der Waals surface area contributed by atoms with Gasteiger partial charge in [-0.1, -0.05) is 0 Å². The quantitative estimate of drug-likeness (QED) is 0.597. The van der Waals surface area contributed by atoms with E-state index in [-0.39, 0.29) is 12.2 Å². The Bertz CT molecular complexity index is 432. The van der Waals surface area contributed by atoms with Crippen molar-refractivity contribution in [3.05, 3.63) is 45.8 Å². The molecule has 0 saturated carbocycles. The van der Waals surface area contributed by atoms with Crippen LogP contribution >= 0.6 is 0 Å². The van der Waals surface area contributed by atoms with Crippen molar-refractivity contribution in [2.24, 2.45) is 5.73 Å². The summed E-state index contributed by atoms with van der Waals surface area (Å²) < 4.78 is 13.1. The van der Waals surface area contributed by atoms with Crippen LogP contribution in [-0.2, 0) is 0 Å². The van der Waals surface area contributed by atoms with Crippen LogP contribution in [0.25, 0.3) is 5.70 Å². The predicted molar refractivity (Wildman–Crippen MR) is 59.1 cm³/mol. The minimum Gasteiger partial charge on any atom is -0.388 e. The first-order chi connectivity index (χ1) is 7.58. The molecule has 1 aromatic carbocycles. The molecule has 0 bridgehead atoms. The van der Waals surface area contributed by atoms with Crippen molar-refractivity contribution in [1.29, 1.82) is 0 Å². The molecule has 0 amide bonds. The van der Waals surface area contributed by atoms with E-state index in [0.29, 0.717) is 11.3 Å². The lowest BCUT2D eigenvalue weighted by molar-refractivity contribution is -0.385. The van der Waals surface area contributed by atoms with E-state index < -0.39 is 10.7 Å². The van der Waals surface area contributed by atoms with E-state index in [1.54, 1.807) is 13.1 Å². The molecule has 5 nitrogen and oxygen atoms in total. The lowest BCUT2D eigenvalue weighted by atomic mass is 10.1. The number of hydrogen-bond acceptors (Lipinski definition) is 4. The van der Waals surface area contributed by atoms with E-state index in [2.05, 4.69) is 5.32 Å². The Hall–Kier alpha value is -1.95. The SMILES string of the molecule is CN/C(=C\CN)c1cc(F)cc([N+](=O)[O-])c1. The monoisotopic (exact) mass is 225 g/mol. The largest absolute Gasteiger partial charge is 0.388 e. The molecule has 1 rings (SSSR count). The van der Waals surface area contributed by atoms with Gasteiger partial charge in [-0.2, -0.15) is 0 Å². The Morgan fingerprint density at radius 1 is 1.62 bits per heavy atom. The second-order valence-electron chi connectivity index (χ2n) is 3.06. The summed E-state index contributed by atoms with van der Waals surface area (Å²) in [5, 5.41) is 13.4. The number of non-ortho nitro benzene ring substituents is 1. The normalized spacial score (nSPS) is 11.3. The third-order valence-corrected chi connectivity index (χ3v) is 2.00. The van der Waals surface area contributed by atoms with Crippen LogP contribution in [-0.4, -0.2) is 18.5 Å². The fourth-order valence-electron chi connectivity index (χ4n) is 1.32. The van der Waals surface area contributed by atoms with Crippen LogP contribution in [0.4, 0.5) is 10.1 Å². The third-order valence-electron chi connectivity index (χ3n) is 2.00. The molecule has 1 aromatic rings. The molecule has 0 unspecified atom stereocenters. The van der Waals surface area contributed by atoms with Crippen molar-refractivity contribution in [2.45, 2.75) is 0 Å². The Balaban J connectivity index is 3.23. The molecular formula is C10H12FN3O2. The minimum absolute atomic E-state index is 0.264. The zero-order valence-corrected chi connectivity index (χ0v) is 8.74. The van der Waals surface area contributed by atoms with Crippen LogP contribution in [0.1, 0.15) is 5.56 Å². The Morgan fingerprint density at radius 2 is 2.31 bits per heavy atom. The summed E-state index contributed by atoms with van der Waals surface area (Å²) in [6.45, 7) is 0.264. The molecule has 0 aromatic heterocycles. The molecule has 6 heteroatoms. The molecule has 0 atom stereocenters. The molecule has 0 aliphatic heterocycles. The predicted octanol–water partition coefficient (Wildman–Crippen LogP) is 1.25. The highest BCUT2D eigenvalue weighted by Crippen LogP contribution is 2.20. The topological polar surface area (TPSA) is 81.2 Å². The maximum Gasteiger partial charge on any atom is 0.273 e. The first-order valence-corrected chi connectivity index (χ1v) is 4.61. The molecule has 0 saturated heterocycles. The summed E-state index contributed by atoms with van der Waals surface area (Å²) in [7, 11) is 1.64. The molecule has 0 radical (unpaired) electrons. The van der Waals surface area contributed by atoms with Crippen molar-refractivity contribution in [3.8, 4) is 0 Å². The number of nitro benzene ring substituents is 1. The van der Waals surface area contributed by atoms with Gasteiger partial charge in [-0.3, -0.25) is 10.1 Å². The smallest absolute Gasteiger partial charge is 0.273 e. The second-order valence-corrected chi connectivity index (χ2v) is 3.06. The van der Waals surface area contributed by atoms with E-state index in [4.69, 9.17) is 5.73 Å². The summed E-state index contributed by atoms with van der Waals surface area (Å²) in [5.41, 5.74) is 6.01. The number of benzene rings is 1. The van der Waals surface area contributed by atoms with Crippen LogP contribution in [0.2, 0.25) is 0 Å². The first-order valence-electron chi connectivity index (χ1n) is 4.61. The number of nitrogens with two attached hydrogens (primary N) is 1. The summed E-state index contributed by atoms with van der Waals surface area (Å²) in [6, 6.07) is 3.38. The minimum atomic E-state index is -0.651. The van der Waals surface area contributed by atoms with E-state index >= 15 is 0 Å². The molecular weight excluding hydrogens is 213 g/mol. The first kappa shape index (κ1) is 12.1. The maximum absolute atomic E-state index is 13.1. The van der Waals surface area contributed by atoms with Crippen molar-refractivity contribution in [3.63, 3.8) is 0 Å². The Kier molecular flexibility index (Phi) is 3.96. The average Bonchev–Trinajstić information content (AvgIpc) is 2.24. The van der Waals surface area contributed by atoms with Gasteiger partial charge in [-0.15, -0.1) is 0 Å². The highest BCUT2D eigenvalue weighted by molar-refractivity contribution is 5.66. The van der Waals surface area contributed by atoms with Crippen LogP contribution < -0.4 is 11.1 Å². The van der Waals surface area contributed by atoms with Gasteiger partial charge >= 0.3 is 0 Å². The van der Waals surface area contributed by atoms with Crippen molar-refractivity contribution >= 4 is 11.4 Å². The van der Waals surface area contributed by atoms with Crippen LogP contribution in [0.3, 0.4) is 0 Å². The number of nitrogens with zero attached hydrogens (tertiary/aromatic N) is 1. The van der Waals surface area contributed by atoms with E-state index in [1.807, 2.05) is 0 Å². The number of hydrogen-bond donors (Lipinski definition) is 2. The zero-order chi connectivity index (χ0) is 12.1. The Labute approximate surface area is 91.9 Å².